The summed E-state index contributed by atoms with van der Waals surface area (Å²) in [4.78, 5) is 37.3. The lowest BCUT2D eigenvalue weighted by atomic mass is 9.83. The van der Waals surface area contributed by atoms with Crippen molar-refractivity contribution in [3.05, 3.63) is 71.8 Å². The van der Waals surface area contributed by atoms with E-state index in [-0.39, 0.29) is 38.3 Å². The summed E-state index contributed by atoms with van der Waals surface area (Å²) in [5.41, 5.74) is 7.63. The van der Waals surface area contributed by atoms with Gasteiger partial charge in [0.1, 0.15) is 32.5 Å². The molecular weight excluding hydrogens is 609 g/mol. The molecule has 1 saturated carbocycles. The van der Waals surface area contributed by atoms with E-state index in [1.807, 2.05) is 12.1 Å². The van der Waals surface area contributed by atoms with E-state index in [1.54, 1.807) is 48.5 Å². The van der Waals surface area contributed by atoms with Crippen molar-refractivity contribution in [3.8, 4) is 0 Å². The van der Waals surface area contributed by atoms with Gasteiger partial charge in [-0.15, -0.1) is 4.76 Å². The average molecular weight is 650 g/mol. The fraction of sp³-hybridized carbons (Fsp3) is 0.467. The molecule has 1 unspecified atom stereocenters. The van der Waals surface area contributed by atoms with Gasteiger partial charge in [-0.25, -0.2) is 18.9 Å². The zero-order chi connectivity index (χ0) is 32.5. The van der Waals surface area contributed by atoms with Crippen molar-refractivity contribution in [2.24, 2.45) is 16.4 Å². The standard InChI is InChI=1S/C30H40N3O11P/c1-33(26(27(34)35)25-15-9-4-10-16-25)28(31)32-45(38,43-19-17-39-29(36)41-21-23-11-5-2-6-12-23)44-20-18-40-30(37)42-22-24-13-7-3-8-14-24/h2-3,5-8,11-14,25-26H,4,9-10,15-22H2,1H3,(H,34,35)(H2,31,32,38). The Hall–Kier alpha value is -4.13. The van der Waals surface area contributed by atoms with Crippen molar-refractivity contribution < 1.29 is 52.1 Å². The van der Waals surface area contributed by atoms with Crippen LogP contribution in [-0.4, -0.2) is 73.8 Å². The third-order valence-corrected chi connectivity index (χ3v) is 8.33. The second-order valence-corrected chi connectivity index (χ2v) is 11.8. The molecule has 15 heteroatoms. The molecule has 3 rings (SSSR count). The number of hydrogen-bond donors (Lipinski definition) is 2. The quantitative estimate of drug-likeness (QED) is 0.0804. The zero-order valence-electron chi connectivity index (χ0n) is 25.2. The van der Waals surface area contributed by atoms with Crippen LogP contribution in [0.1, 0.15) is 43.2 Å². The second-order valence-electron chi connectivity index (χ2n) is 10.1. The van der Waals surface area contributed by atoms with E-state index in [4.69, 9.17) is 33.7 Å². The lowest BCUT2D eigenvalue weighted by Gasteiger charge is -2.34. The molecule has 0 radical (unpaired) electrons. The smallest absolute Gasteiger partial charge is 0.480 e. The summed E-state index contributed by atoms with van der Waals surface area (Å²) in [6.07, 6.45) is 2.28. The van der Waals surface area contributed by atoms with Crippen LogP contribution in [0.5, 0.6) is 0 Å². The van der Waals surface area contributed by atoms with Crippen LogP contribution in [0.4, 0.5) is 9.59 Å². The molecule has 0 aromatic heterocycles. The van der Waals surface area contributed by atoms with Crippen molar-refractivity contribution in [3.63, 3.8) is 0 Å². The summed E-state index contributed by atoms with van der Waals surface area (Å²) in [5, 5.41) is 9.92. The number of carbonyl (C=O) groups is 3. The van der Waals surface area contributed by atoms with E-state index in [0.717, 1.165) is 30.4 Å². The summed E-state index contributed by atoms with van der Waals surface area (Å²) < 4.78 is 48.2. The maximum atomic E-state index is 13.6. The monoisotopic (exact) mass is 649 g/mol. The van der Waals surface area contributed by atoms with Gasteiger partial charge in [0.2, 0.25) is 5.96 Å². The summed E-state index contributed by atoms with van der Waals surface area (Å²) in [6.45, 7) is -1.60. The van der Waals surface area contributed by atoms with Crippen molar-refractivity contribution in [1.29, 1.82) is 0 Å². The third-order valence-electron chi connectivity index (χ3n) is 6.87. The molecule has 0 spiro atoms. The summed E-state index contributed by atoms with van der Waals surface area (Å²) >= 11 is 0. The molecule has 0 bridgehead atoms. The minimum atomic E-state index is -4.42. The predicted molar refractivity (Wildman–Crippen MR) is 162 cm³/mol. The molecule has 0 amide bonds. The highest BCUT2D eigenvalue weighted by molar-refractivity contribution is 7.52. The first kappa shape index (κ1) is 35.4. The highest BCUT2D eigenvalue weighted by Gasteiger charge is 2.35. The van der Waals surface area contributed by atoms with Crippen molar-refractivity contribution >= 4 is 32.0 Å². The van der Waals surface area contributed by atoms with Crippen LogP contribution in [0.15, 0.2) is 65.4 Å². The fourth-order valence-electron chi connectivity index (χ4n) is 4.64. The SMILES string of the molecule is CN(C(N)=NP(=O)(OCCOC(=O)OCc1ccccc1)OCCOC(=O)OCc1ccccc1)C(C(=O)O)C1CCCCC1. The highest BCUT2D eigenvalue weighted by Crippen LogP contribution is 2.50. The van der Waals surface area contributed by atoms with Crippen molar-refractivity contribution in [2.45, 2.75) is 51.4 Å². The summed E-state index contributed by atoms with van der Waals surface area (Å²) in [5.74, 6) is -1.66. The molecule has 2 aromatic rings. The van der Waals surface area contributed by atoms with Gasteiger partial charge in [-0.3, -0.25) is 9.05 Å². The van der Waals surface area contributed by atoms with Gasteiger partial charge in [-0.05, 0) is 29.9 Å². The first-order valence-corrected chi connectivity index (χ1v) is 16.0. The Bertz CT molecular complexity index is 1220. The Morgan fingerprint density at radius 1 is 0.822 bits per heavy atom. The van der Waals surface area contributed by atoms with E-state index in [9.17, 15) is 24.1 Å². The lowest BCUT2D eigenvalue weighted by molar-refractivity contribution is -0.143. The van der Waals surface area contributed by atoms with E-state index in [2.05, 4.69) is 4.76 Å². The molecule has 1 aliphatic carbocycles. The van der Waals surface area contributed by atoms with Crippen LogP contribution in [0.25, 0.3) is 0 Å². The zero-order valence-corrected chi connectivity index (χ0v) is 26.0. The average Bonchev–Trinajstić information content (AvgIpc) is 3.04. The molecule has 2 aromatic carbocycles. The predicted octanol–water partition coefficient (Wildman–Crippen LogP) is 5.11. The van der Waals surface area contributed by atoms with Gasteiger partial charge in [0.05, 0.1) is 13.2 Å². The normalized spacial score (nSPS) is 14.6. The summed E-state index contributed by atoms with van der Waals surface area (Å²) in [7, 11) is -2.98. The number of nitrogens with zero attached hydrogens (tertiary/aromatic N) is 2. The highest BCUT2D eigenvalue weighted by atomic mass is 31.2. The molecule has 246 valence electrons. The molecule has 45 heavy (non-hydrogen) atoms. The number of carboxylic acid groups (broad SMARTS) is 1. The molecular formula is C30H40N3O11P. The molecule has 0 saturated heterocycles. The lowest BCUT2D eigenvalue weighted by Crippen LogP contribution is -2.50. The Morgan fingerprint density at radius 2 is 1.29 bits per heavy atom. The van der Waals surface area contributed by atoms with Crippen LogP contribution in [0, 0.1) is 5.92 Å². The Labute approximate surface area is 262 Å². The van der Waals surface area contributed by atoms with Gasteiger partial charge in [0.15, 0.2) is 0 Å². The molecule has 0 heterocycles. The van der Waals surface area contributed by atoms with Gasteiger partial charge in [0, 0.05) is 7.05 Å². The second kappa shape index (κ2) is 18.6. The molecule has 1 fully saturated rings. The molecule has 0 aliphatic heterocycles. The minimum Gasteiger partial charge on any atom is -0.480 e. The van der Waals surface area contributed by atoms with Gasteiger partial charge in [-0.2, -0.15) is 0 Å². The van der Waals surface area contributed by atoms with Crippen LogP contribution in [-0.2, 0) is 50.6 Å². The number of rotatable bonds is 16. The third kappa shape index (κ3) is 12.8. The van der Waals surface area contributed by atoms with Gasteiger partial charge >= 0.3 is 26.0 Å². The number of likely N-dealkylation sites (N-methyl/N-ethyl adjacent to an activating group) is 1. The Balaban J connectivity index is 1.57. The number of hydrogen-bond acceptors (Lipinski definition) is 10. The van der Waals surface area contributed by atoms with E-state index in [1.165, 1.54) is 11.9 Å². The van der Waals surface area contributed by atoms with Crippen molar-refractivity contribution in [1.82, 2.24) is 4.90 Å². The van der Waals surface area contributed by atoms with E-state index in [0.29, 0.717) is 12.8 Å². The molecule has 14 nitrogen and oxygen atoms in total. The van der Waals surface area contributed by atoms with E-state index < -0.39 is 45.3 Å². The van der Waals surface area contributed by atoms with Crippen LogP contribution in [0.2, 0.25) is 0 Å². The topological polar surface area (TPSA) is 186 Å². The number of nitrogens with two attached hydrogens (primary N) is 1. The first-order valence-electron chi connectivity index (χ1n) is 14.5. The number of ether oxygens (including phenoxy) is 4. The van der Waals surface area contributed by atoms with Crippen LogP contribution in [0.3, 0.4) is 0 Å². The number of guanidine groups is 1. The molecule has 1 aliphatic rings. The summed E-state index contributed by atoms with van der Waals surface area (Å²) in [6, 6.07) is 16.9. The number of carboxylic acids is 1. The Morgan fingerprint density at radius 3 is 1.73 bits per heavy atom. The van der Waals surface area contributed by atoms with Gasteiger partial charge in [0.25, 0.3) is 0 Å². The maximum Gasteiger partial charge on any atom is 0.508 e. The van der Waals surface area contributed by atoms with Crippen LogP contribution >= 0.6 is 7.75 Å². The van der Waals surface area contributed by atoms with Gasteiger partial charge < -0.3 is 34.7 Å². The minimum absolute atomic E-state index is 0.00514. The number of benzene rings is 2. The Kier molecular flexibility index (Phi) is 14.6. The first-order chi connectivity index (χ1) is 21.7. The maximum absolute atomic E-state index is 13.6. The van der Waals surface area contributed by atoms with Crippen molar-refractivity contribution in [2.75, 3.05) is 33.5 Å². The van der Waals surface area contributed by atoms with E-state index >= 15 is 0 Å². The molecule has 3 N–H and O–H groups in total. The fourth-order valence-corrected chi connectivity index (χ4v) is 5.83. The van der Waals surface area contributed by atoms with Gasteiger partial charge in [-0.1, -0.05) is 79.9 Å². The number of aliphatic carboxylic acids is 1. The molecule has 1 atom stereocenters. The largest absolute Gasteiger partial charge is 0.508 e. The van der Waals surface area contributed by atoms with Crippen LogP contribution < -0.4 is 5.73 Å². The number of carbonyl (C=O) groups excluding carboxylic acids is 2.